The number of rotatable bonds is 6. The van der Waals surface area contributed by atoms with Crippen molar-refractivity contribution in [3.63, 3.8) is 0 Å². The first-order valence-corrected chi connectivity index (χ1v) is 6.26. The van der Waals surface area contributed by atoms with Crippen LogP contribution in [0.25, 0.3) is 0 Å². The Hall–Kier alpha value is -2.08. The van der Waals surface area contributed by atoms with Gasteiger partial charge in [-0.2, -0.15) is 0 Å². The molecule has 0 aliphatic carbocycles. The second-order valence-corrected chi connectivity index (χ2v) is 5.49. The number of phenolic OH excluding ortho intramolecular Hbond substituents is 1. The van der Waals surface area contributed by atoms with E-state index in [0.29, 0.717) is 5.56 Å². The zero-order valence-electron chi connectivity index (χ0n) is 11.6. The van der Waals surface area contributed by atoms with Crippen molar-refractivity contribution < 1.29 is 19.8 Å². The summed E-state index contributed by atoms with van der Waals surface area (Å²) < 4.78 is 0. The smallest absolute Gasteiger partial charge is 0.326 e. The van der Waals surface area contributed by atoms with E-state index >= 15 is 0 Å². The van der Waals surface area contributed by atoms with Crippen molar-refractivity contribution in [1.82, 2.24) is 5.32 Å². The Balaban J connectivity index is 2.68. The number of nitrogens with one attached hydrogen (secondary N) is 1. The van der Waals surface area contributed by atoms with E-state index in [-0.39, 0.29) is 18.6 Å². The van der Waals surface area contributed by atoms with Gasteiger partial charge in [-0.1, -0.05) is 12.1 Å². The zero-order chi connectivity index (χ0) is 15.3. The summed E-state index contributed by atoms with van der Waals surface area (Å²) in [5.41, 5.74) is 5.74. The molecule has 5 N–H and O–H groups in total. The summed E-state index contributed by atoms with van der Waals surface area (Å²) in [7, 11) is 0. The Bertz CT molecular complexity index is 477. The van der Waals surface area contributed by atoms with Crippen LogP contribution >= 0.6 is 0 Å². The first-order chi connectivity index (χ1) is 9.17. The molecule has 1 rings (SSSR count). The number of hydrogen-bond acceptors (Lipinski definition) is 4. The standard InChI is InChI=1S/C14H20N2O4/c1-14(2,15)8-12(18)16-11(13(19)20)7-9-3-5-10(17)6-4-9/h3-6,11,17H,7-8,15H2,1-2H3,(H,16,18)(H,19,20)/t11-/m0/s1. The minimum Gasteiger partial charge on any atom is -0.508 e. The van der Waals surface area contributed by atoms with Gasteiger partial charge in [-0.05, 0) is 31.5 Å². The van der Waals surface area contributed by atoms with Gasteiger partial charge < -0.3 is 21.3 Å². The molecule has 1 amide bonds. The molecule has 1 aromatic carbocycles. The van der Waals surface area contributed by atoms with Gasteiger partial charge in [-0.15, -0.1) is 0 Å². The molecule has 1 aromatic rings. The Morgan fingerprint density at radius 3 is 2.30 bits per heavy atom. The van der Waals surface area contributed by atoms with Crippen molar-refractivity contribution in [1.29, 1.82) is 0 Å². The first-order valence-electron chi connectivity index (χ1n) is 6.26. The van der Waals surface area contributed by atoms with Crippen LogP contribution in [0.3, 0.4) is 0 Å². The third-order valence-corrected chi connectivity index (χ3v) is 2.63. The maximum Gasteiger partial charge on any atom is 0.326 e. The predicted octanol–water partition coefficient (Wildman–Crippen LogP) is 0.631. The number of carbonyl (C=O) groups is 2. The van der Waals surface area contributed by atoms with Gasteiger partial charge >= 0.3 is 5.97 Å². The fourth-order valence-corrected chi connectivity index (χ4v) is 1.73. The first kappa shape index (κ1) is 16.0. The highest BCUT2D eigenvalue weighted by atomic mass is 16.4. The molecule has 0 fully saturated rings. The Morgan fingerprint density at radius 2 is 1.85 bits per heavy atom. The van der Waals surface area contributed by atoms with Crippen LogP contribution in [0.4, 0.5) is 0 Å². The van der Waals surface area contributed by atoms with E-state index in [4.69, 9.17) is 10.8 Å². The molecule has 0 saturated carbocycles. The summed E-state index contributed by atoms with van der Waals surface area (Å²) in [6.07, 6.45) is 0.193. The molecule has 0 aliphatic rings. The number of carboxylic acid groups (broad SMARTS) is 1. The highest BCUT2D eigenvalue weighted by Crippen LogP contribution is 2.12. The topological polar surface area (TPSA) is 113 Å². The molecule has 0 saturated heterocycles. The van der Waals surface area contributed by atoms with Crippen molar-refractivity contribution in [2.24, 2.45) is 5.73 Å². The molecule has 0 aliphatic heterocycles. The van der Waals surface area contributed by atoms with E-state index in [0.717, 1.165) is 0 Å². The summed E-state index contributed by atoms with van der Waals surface area (Å²) in [6, 6.07) is 5.15. The quantitative estimate of drug-likeness (QED) is 0.610. The van der Waals surface area contributed by atoms with Gasteiger partial charge in [0.2, 0.25) is 5.91 Å². The average Bonchev–Trinajstić information content (AvgIpc) is 2.28. The molecule has 0 radical (unpaired) electrons. The maximum atomic E-state index is 11.7. The zero-order valence-corrected chi connectivity index (χ0v) is 11.6. The number of aromatic hydroxyl groups is 1. The summed E-state index contributed by atoms with van der Waals surface area (Å²) in [5, 5.41) is 20.8. The van der Waals surface area contributed by atoms with Crippen LogP contribution in [-0.4, -0.2) is 33.7 Å². The third-order valence-electron chi connectivity index (χ3n) is 2.63. The maximum absolute atomic E-state index is 11.7. The van der Waals surface area contributed by atoms with Crippen LogP contribution in [0.5, 0.6) is 5.75 Å². The number of hydrogen-bond donors (Lipinski definition) is 4. The monoisotopic (exact) mass is 280 g/mol. The lowest BCUT2D eigenvalue weighted by Gasteiger charge is -2.20. The summed E-state index contributed by atoms with van der Waals surface area (Å²) in [4.78, 5) is 22.9. The minimum atomic E-state index is -1.11. The van der Waals surface area contributed by atoms with Gasteiger partial charge in [0.15, 0.2) is 0 Å². The highest BCUT2D eigenvalue weighted by Gasteiger charge is 2.23. The van der Waals surface area contributed by atoms with Gasteiger partial charge in [0.25, 0.3) is 0 Å². The SMILES string of the molecule is CC(C)(N)CC(=O)N[C@@H](Cc1ccc(O)cc1)C(=O)O. The highest BCUT2D eigenvalue weighted by molar-refractivity contribution is 5.84. The van der Waals surface area contributed by atoms with Gasteiger partial charge in [0.05, 0.1) is 0 Å². The Morgan fingerprint density at radius 1 is 1.30 bits per heavy atom. The van der Waals surface area contributed by atoms with Crippen molar-refractivity contribution in [3.8, 4) is 5.75 Å². The van der Waals surface area contributed by atoms with E-state index in [1.807, 2.05) is 0 Å². The molecule has 0 heterocycles. The normalized spacial score (nSPS) is 12.8. The van der Waals surface area contributed by atoms with E-state index in [1.54, 1.807) is 26.0 Å². The molecule has 0 spiro atoms. The van der Waals surface area contributed by atoms with Crippen LogP contribution in [0.15, 0.2) is 24.3 Å². The van der Waals surface area contributed by atoms with Crippen LogP contribution in [0.1, 0.15) is 25.8 Å². The van der Waals surface area contributed by atoms with Crippen molar-refractivity contribution in [2.45, 2.75) is 38.3 Å². The van der Waals surface area contributed by atoms with Crippen molar-refractivity contribution >= 4 is 11.9 Å². The third kappa shape index (κ3) is 5.71. The molecule has 20 heavy (non-hydrogen) atoms. The van der Waals surface area contributed by atoms with Crippen LogP contribution in [0.2, 0.25) is 0 Å². The Kier molecular flexibility index (Phi) is 5.10. The Labute approximate surface area is 117 Å². The molecule has 6 heteroatoms. The largest absolute Gasteiger partial charge is 0.508 e. The number of aliphatic carboxylic acids is 1. The van der Waals surface area contributed by atoms with Crippen LogP contribution in [0, 0.1) is 0 Å². The van der Waals surface area contributed by atoms with E-state index in [1.165, 1.54) is 12.1 Å². The second-order valence-electron chi connectivity index (χ2n) is 5.49. The van der Waals surface area contributed by atoms with Crippen molar-refractivity contribution in [3.05, 3.63) is 29.8 Å². The number of nitrogens with two attached hydrogens (primary N) is 1. The molecule has 0 aromatic heterocycles. The van der Waals surface area contributed by atoms with E-state index < -0.39 is 23.5 Å². The molecular weight excluding hydrogens is 260 g/mol. The molecule has 6 nitrogen and oxygen atoms in total. The number of amides is 1. The van der Waals surface area contributed by atoms with Gasteiger partial charge in [0, 0.05) is 18.4 Å². The van der Waals surface area contributed by atoms with Crippen LogP contribution < -0.4 is 11.1 Å². The number of carboxylic acids is 1. The van der Waals surface area contributed by atoms with Gasteiger partial charge in [-0.25, -0.2) is 4.79 Å². The lowest BCUT2D eigenvalue weighted by atomic mass is 10.0. The summed E-state index contributed by atoms with van der Waals surface area (Å²) in [5.74, 6) is -1.40. The molecule has 110 valence electrons. The molecule has 0 bridgehead atoms. The molecule has 1 atom stereocenters. The lowest BCUT2D eigenvalue weighted by molar-refractivity contribution is -0.141. The number of phenols is 1. The van der Waals surface area contributed by atoms with E-state index in [9.17, 15) is 14.7 Å². The summed E-state index contributed by atoms with van der Waals surface area (Å²) in [6.45, 7) is 3.39. The summed E-state index contributed by atoms with van der Waals surface area (Å²) >= 11 is 0. The van der Waals surface area contributed by atoms with Crippen molar-refractivity contribution in [2.75, 3.05) is 0 Å². The number of benzene rings is 1. The second kappa shape index (κ2) is 6.38. The fraction of sp³-hybridized carbons (Fsp3) is 0.429. The molecular formula is C14H20N2O4. The predicted molar refractivity (Wildman–Crippen MR) is 74.3 cm³/mol. The lowest BCUT2D eigenvalue weighted by Crippen LogP contribution is -2.46. The van der Waals surface area contributed by atoms with Gasteiger partial charge in [0.1, 0.15) is 11.8 Å². The number of carbonyl (C=O) groups excluding carboxylic acids is 1. The van der Waals surface area contributed by atoms with Gasteiger partial charge in [-0.3, -0.25) is 4.79 Å². The average molecular weight is 280 g/mol. The molecule has 0 unspecified atom stereocenters. The van der Waals surface area contributed by atoms with Crippen LogP contribution in [-0.2, 0) is 16.0 Å². The fourth-order valence-electron chi connectivity index (χ4n) is 1.73. The minimum absolute atomic E-state index is 0.0480. The van der Waals surface area contributed by atoms with E-state index in [2.05, 4.69) is 5.32 Å².